The molecule has 0 spiro atoms. The van der Waals surface area contributed by atoms with Crippen LogP contribution in [0.2, 0.25) is 0 Å². The molecule has 55 heavy (non-hydrogen) atoms. The quantitative estimate of drug-likeness (QED) is 0.0657. The van der Waals surface area contributed by atoms with Crippen LogP contribution in [0.25, 0.3) is 6.08 Å². The maximum Gasteiger partial charge on any atom is 0.294 e. The number of rotatable bonds is 21. The number of piperidine rings is 1. The van der Waals surface area contributed by atoms with Crippen LogP contribution in [0.5, 0.6) is 17.2 Å². The molecular formula is C43H58N2O10. The number of aliphatic hydroxyl groups is 1. The molecule has 12 heteroatoms. The van der Waals surface area contributed by atoms with Gasteiger partial charge in [0.15, 0.2) is 0 Å². The van der Waals surface area contributed by atoms with Crippen LogP contribution in [0.1, 0.15) is 86.1 Å². The van der Waals surface area contributed by atoms with Crippen molar-refractivity contribution >= 4 is 12.0 Å². The summed E-state index contributed by atoms with van der Waals surface area (Å²) in [6.07, 6.45) is 8.54. The Balaban J connectivity index is 0.00000331. The molecule has 1 heterocycles. The smallest absolute Gasteiger partial charge is 0.294 e. The average Bonchev–Trinajstić information content (AvgIpc) is 3.22. The third-order valence-electron chi connectivity index (χ3n) is 9.84. The first-order valence-electron chi connectivity index (χ1n) is 19.5. The van der Waals surface area contributed by atoms with E-state index in [9.17, 15) is 20.0 Å². The van der Waals surface area contributed by atoms with E-state index in [2.05, 4.69) is 23.1 Å². The highest BCUT2D eigenvalue weighted by Gasteiger charge is 2.40. The molecule has 0 aromatic heterocycles. The van der Waals surface area contributed by atoms with Crippen molar-refractivity contribution < 1.29 is 43.5 Å². The molecule has 3 aromatic carbocycles. The van der Waals surface area contributed by atoms with Gasteiger partial charge in [0, 0.05) is 55.5 Å². The standard InChI is InChI=1S/C41H52N2O10.C2H6/c1-48-37-14-8-6-12-33(37)29-50-20-10-21-51-35-18-16-31(17-19-35)41-34(27-44)25-42(40(45)15-4-3-9-22-53-43(46)47)26-39(41)52-28-30-23-32-11-5-7-13-36(32)38(24-30)49-2;1-2/h6-8,12-14,16-19,23-24,34,39,41,44H,3-5,9-11,15,20-22,25-29H2,1-2H3;1-2H3. The van der Waals surface area contributed by atoms with E-state index in [1.54, 1.807) is 19.1 Å². The number of aliphatic hydroxyl groups excluding tert-OH is 1. The first-order valence-corrected chi connectivity index (χ1v) is 19.5. The van der Waals surface area contributed by atoms with Crippen molar-refractivity contribution in [2.75, 3.05) is 53.7 Å². The summed E-state index contributed by atoms with van der Waals surface area (Å²) < 4.78 is 29.7. The minimum absolute atomic E-state index is 0.0157. The molecule has 0 radical (unpaired) electrons. The lowest BCUT2D eigenvalue weighted by Gasteiger charge is -2.43. The summed E-state index contributed by atoms with van der Waals surface area (Å²) in [5.41, 5.74) is 5.32. The zero-order valence-corrected chi connectivity index (χ0v) is 32.8. The molecule has 3 unspecified atom stereocenters. The van der Waals surface area contributed by atoms with Crippen LogP contribution in [0.3, 0.4) is 0 Å². The van der Waals surface area contributed by atoms with Crippen molar-refractivity contribution in [2.45, 2.75) is 84.0 Å². The number of ether oxygens (including phenoxy) is 5. The third-order valence-corrected chi connectivity index (χ3v) is 9.84. The lowest BCUT2D eigenvalue weighted by Crippen LogP contribution is -2.52. The molecule has 3 atom stereocenters. The number of benzene rings is 3. The number of carbonyl (C=O) groups is 1. The van der Waals surface area contributed by atoms with Crippen molar-refractivity contribution in [3.05, 3.63) is 105 Å². The van der Waals surface area contributed by atoms with Crippen LogP contribution in [0, 0.1) is 16.0 Å². The second-order valence-corrected chi connectivity index (χ2v) is 13.4. The topological polar surface area (TPSA) is 139 Å². The van der Waals surface area contributed by atoms with Crippen molar-refractivity contribution in [1.29, 1.82) is 0 Å². The van der Waals surface area contributed by atoms with Crippen molar-refractivity contribution in [1.82, 2.24) is 4.90 Å². The van der Waals surface area contributed by atoms with E-state index in [-0.39, 0.29) is 37.1 Å². The molecular weight excluding hydrogens is 704 g/mol. The monoisotopic (exact) mass is 762 g/mol. The number of aryl methyl sites for hydroxylation is 1. The summed E-state index contributed by atoms with van der Waals surface area (Å²) in [7, 11) is 3.33. The number of allylic oxidation sites excluding steroid dienone is 1. The molecule has 0 bridgehead atoms. The van der Waals surface area contributed by atoms with E-state index in [1.165, 1.54) is 5.56 Å². The summed E-state index contributed by atoms with van der Waals surface area (Å²) >= 11 is 0. The minimum Gasteiger partial charge on any atom is -0.496 e. The SMILES string of the molecule is CC.COc1ccccc1COCCCOc1ccc(C2C(CO)CN(C(=O)CCCCCO[N+](=O)[O-])CC2OCc2cc3c(c(OC)c2)C=CCC3)cc1. The number of methoxy groups -OCH3 is 2. The molecule has 300 valence electrons. The maximum atomic E-state index is 13.4. The van der Waals surface area contributed by atoms with E-state index in [1.807, 2.05) is 68.4 Å². The minimum atomic E-state index is -0.800. The van der Waals surface area contributed by atoms with Gasteiger partial charge in [-0.2, -0.15) is 0 Å². The fourth-order valence-corrected chi connectivity index (χ4v) is 7.16. The fraction of sp³-hybridized carbons (Fsp3) is 0.512. The molecule has 1 aliphatic carbocycles. The van der Waals surface area contributed by atoms with Gasteiger partial charge in [-0.3, -0.25) is 4.79 Å². The Morgan fingerprint density at radius 3 is 2.44 bits per heavy atom. The van der Waals surface area contributed by atoms with Gasteiger partial charge in [0.25, 0.3) is 5.09 Å². The van der Waals surface area contributed by atoms with Gasteiger partial charge in [-0.05, 0) is 66.6 Å². The predicted molar refractivity (Wildman–Crippen MR) is 211 cm³/mol. The molecule has 1 amide bonds. The lowest BCUT2D eigenvalue weighted by molar-refractivity contribution is -0.757. The van der Waals surface area contributed by atoms with Crippen LogP contribution in [0.15, 0.2) is 66.7 Å². The van der Waals surface area contributed by atoms with Gasteiger partial charge in [0.05, 0.1) is 53.4 Å². The number of unbranched alkanes of at least 4 members (excludes halogenated alkanes) is 2. The van der Waals surface area contributed by atoms with Crippen molar-refractivity contribution in [2.24, 2.45) is 5.92 Å². The molecule has 1 saturated heterocycles. The van der Waals surface area contributed by atoms with Gasteiger partial charge in [-0.15, -0.1) is 10.1 Å². The summed E-state index contributed by atoms with van der Waals surface area (Å²) in [6, 6.07) is 19.9. The van der Waals surface area contributed by atoms with E-state index in [4.69, 9.17) is 23.7 Å². The number of hydrogen-bond donors (Lipinski definition) is 1. The highest BCUT2D eigenvalue weighted by Crippen LogP contribution is 2.37. The molecule has 3 aromatic rings. The maximum absolute atomic E-state index is 13.4. The highest BCUT2D eigenvalue weighted by molar-refractivity contribution is 5.76. The zero-order chi connectivity index (χ0) is 39.4. The number of fused-ring (bicyclic) bond motifs is 1. The average molecular weight is 763 g/mol. The largest absolute Gasteiger partial charge is 0.496 e. The Labute approximate surface area is 325 Å². The summed E-state index contributed by atoms with van der Waals surface area (Å²) in [5.74, 6) is 1.92. The van der Waals surface area contributed by atoms with Gasteiger partial charge in [-0.1, -0.05) is 68.8 Å². The van der Waals surface area contributed by atoms with Gasteiger partial charge in [-0.25, -0.2) is 0 Å². The van der Waals surface area contributed by atoms with E-state index in [0.717, 1.165) is 58.8 Å². The number of amides is 1. The summed E-state index contributed by atoms with van der Waals surface area (Å²) in [4.78, 5) is 30.0. The molecule has 1 N–H and O–H groups in total. The van der Waals surface area contributed by atoms with Crippen LogP contribution < -0.4 is 14.2 Å². The molecule has 5 rings (SSSR count). The van der Waals surface area contributed by atoms with Gasteiger partial charge < -0.3 is 38.5 Å². The summed E-state index contributed by atoms with van der Waals surface area (Å²) in [5, 5.41) is 20.3. The van der Waals surface area contributed by atoms with Crippen LogP contribution in [0.4, 0.5) is 0 Å². The van der Waals surface area contributed by atoms with Gasteiger partial charge in [0.2, 0.25) is 5.91 Å². The molecule has 1 aliphatic heterocycles. The Bertz CT molecular complexity index is 1650. The number of nitrogens with zero attached hydrogens (tertiary/aromatic N) is 2. The van der Waals surface area contributed by atoms with E-state index in [0.29, 0.717) is 65.2 Å². The normalized spacial score (nSPS) is 17.4. The first-order chi connectivity index (χ1) is 26.9. The second kappa shape index (κ2) is 23.3. The Morgan fingerprint density at radius 2 is 1.69 bits per heavy atom. The summed E-state index contributed by atoms with van der Waals surface area (Å²) in [6.45, 7) is 6.52. The van der Waals surface area contributed by atoms with Gasteiger partial charge >= 0.3 is 0 Å². The lowest BCUT2D eigenvalue weighted by atomic mass is 9.78. The molecule has 12 nitrogen and oxygen atoms in total. The van der Waals surface area contributed by atoms with Crippen molar-refractivity contribution in [3.8, 4) is 17.2 Å². The number of carbonyl (C=O) groups excluding carboxylic acids is 1. The van der Waals surface area contributed by atoms with E-state index < -0.39 is 5.09 Å². The zero-order valence-electron chi connectivity index (χ0n) is 32.8. The number of likely N-dealkylation sites (tertiary alicyclic amines) is 1. The molecule has 2 aliphatic rings. The van der Waals surface area contributed by atoms with Gasteiger partial charge in [0.1, 0.15) is 17.2 Å². The Kier molecular flexibility index (Phi) is 18.3. The first kappa shape index (κ1) is 43.1. The second-order valence-electron chi connectivity index (χ2n) is 13.4. The Hall–Kier alpha value is -4.65. The predicted octanol–water partition coefficient (Wildman–Crippen LogP) is 7.56. The van der Waals surface area contributed by atoms with Crippen LogP contribution in [-0.4, -0.2) is 80.8 Å². The van der Waals surface area contributed by atoms with E-state index >= 15 is 0 Å². The van der Waals surface area contributed by atoms with Crippen LogP contribution >= 0.6 is 0 Å². The van der Waals surface area contributed by atoms with Crippen molar-refractivity contribution in [3.63, 3.8) is 0 Å². The molecule has 0 saturated carbocycles. The Morgan fingerprint density at radius 1 is 0.909 bits per heavy atom. The third kappa shape index (κ3) is 13.0. The highest BCUT2D eigenvalue weighted by atomic mass is 16.9. The number of hydrogen-bond acceptors (Lipinski definition) is 10. The number of para-hydroxylation sites is 1. The fourth-order valence-electron chi connectivity index (χ4n) is 7.16. The van der Waals surface area contributed by atoms with Crippen LogP contribution in [-0.2, 0) is 38.7 Å². The molecule has 1 fully saturated rings.